The van der Waals surface area contributed by atoms with Crippen molar-refractivity contribution in [2.75, 3.05) is 20.3 Å². The molecule has 3 aromatic rings. The Morgan fingerprint density at radius 3 is 2.63 bits per heavy atom. The molecule has 0 spiro atoms. The van der Waals surface area contributed by atoms with Crippen LogP contribution in [0.2, 0.25) is 0 Å². The molecule has 2 aromatic carbocycles. The van der Waals surface area contributed by atoms with Crippen molar-refractivity contribution in [3.8, 4) is 22.8 Å². The van der Waals surface area contributed by atoms with Gasteiger partial charge in [0.15, 0.2) is 0 Å². The van der Waals surface area contributed by atoms with Crippen LogP contribution in [0.5, 0.6) is 11.5 Å². The number of methoxy groups -OCH3 is 1. The van der Waals surface area contributed by atoms with Crippen molar-refractivity contribution in [1.82, 2.24) is 15.4 Å². The van der Waals surface area contributed by atoms with Gasteiger partial charge in [-0.05, 0) is 24.0 Å². The van der Waals surface area contributed by atoms with Crippen molar-refractivity contribution >= 4 is 23.1 Å². The molecule has 1 N–H and O–H groups in total. The van der Waals surface area contributed by atoms with E-state index in [1.165, 1.54) is 0 Å². The number of rotatable bonds is 11. The molecule has 8 heteroatoms. The maximum absolute atomic E-state index is 13.4. The summed E-state index contributed by atoms with van der Waals surface area (Å²) in [5.41, 5.74) is 4.61. The zero-order valence-electron chi connectivity index (χ0n) is 24.3. The van der Waals surface area contributed by atoms with E-state index >= 15 is 0 Å². The van der Waals surface area contributed by atoms with Gasteiger partial charge >= 0.3 is 0 Å². The van der Waals surface area contributed by atoms with E-state index in [-0.39, 0.29) is 36.0 Å². The van der Waals surface area contributed by atoms with Gasteiger partial charge in [-0.3, -0.25) is 9.63 Å². The second-order valence-corrected chi connectivity index (χ2v) is 12.3. The summed E-state index contributed by atoms with van der Waals surface area (Å²) < 4.78 is 12.1. The Balaban J connectivity index is 1.39. The van der Waals surface area contributed by atoms with E-state index in [0.29, 0.717) is 37.3 Å². The van der Waals surface area contributed by atoms with Crippen LogP contribution in [0.15, 0.2) is 67.3 Å². The quantitative estimate of drug-likeness (QED) is 0.193. The number of likely N-dealkylation sites (tertiary alicyclic amines) is 1. The van der Waals surface area contributed by atoms with Gasteiger partial charge in [-0.25, -0.2) is 4.98 Å². The molecule has 2 unspecified atom stereocenters. The van der Waals surface area contributed by atoms with Gasteiger partial charge in [0.25, 0.3) is 0 Å². The lowest BCUT2D eigenvalue weighted by Gasteiger charge is -2.28. The van der Waals surface area contributed by atoms with Crippen LogP contribution < -0.4 is 15.0 Å². The number of ether oxygens (including phenoxy) is 2. The summed E-state index contributed by atoms with van der Waals surface area (Å²) in [5, 5.41) is 0.872. The number of hydrogen-bond donors (Lipinski definition) is 1. The van der Waals surface area contributed by atoms with Crippen molar-refractivity contribution in [3.05, 3.63) is 67.3 Å². The molecule has 2 aliphatic rings. The smallest absolute Gasteiger partial charge is 0.223 e. The Hall–Kier alpha value is -3.75. The number of amides is 1. The van der Waals surface area contributed by atoms with Gasteiger partial charge in [-0.2, -0.15) is 5.48 Å². The van der Waals surface area contributed by atoms with Gasteiger partial charge in [0.2, 0.25) is 5.91 Å². The number of aldehydes is 1. The maximum atomic E-state index is 13.4. The number of nitrogens with zero attached hydrogens (tertiary/aromatic N) is 2. The van der Waals surface area contributed by atoms with E-state index in [2.05, 4.69) is 32.8 Å². The SMILES string of the molecule is C=CC1CC1(C=O)NOC[C@@H]1C[C@@H](Oc2cc(-c3ccccc3)nc3cc(OC)ccc23)CN1C(=O)CC(C)(C)C. The normalized spacial score (nSPS) is 23.8. The van der Waals surface area contributed by atoms with Crippen LogP contribution in [0.1, 0.15) is 40.0 Å². The minimum atomic E-state index is -0.721. The summed E-state index contributed by atoms with van der Waals surface area (Å²) in [7, 11) is 1.64. The van der Waals surface area contributed by atoms with Crippen LogP contribution in [0.25, 0.3) is 22.2 Å². The van der Waals surface area contributed by atoms with Crippen molar-refractivity contribution < 1.29 is 23.9 Å². The lowest BCUT2D eigenvalue weighted by atomic mass is 9.91. The van der Waals surface area contributed by atoms with Crippen molar-refractivity contribution in [2.45, 2.75) is 57.7 Å². The summed E-state index contributed by atoms with van der Waals surface area (Å²) >= 11 is 0. The van der Waals surface area contributed by atoms with Crippen LogP contribution in [0, 0.1) is 11.3 Å². The average molecular weight is 558 g/mol. The number of aromatic nitrogens is 1. The number of hydroxylamine groups is 1. The Bertz CT molecular complexity index is 1420. The van der Waals surface area contributed by atoms with Gasteiger partial charge in [-0.15, -0.1) is 6.58 Å². The van der Waals surface area contributed by atoms with E-state index in [4.69, 9.17) is 19.3 Å². The molecular weight excluding hydrogens is 518 g/mol. The molecule has 216 valence electrons. The maximum Gasteiger partial charge on any atom is 0.223 e. The molecule has 1 aliphatic heterocycles. The third-order valence-corrected chi connectivity index (χ3v) is 7.81. The van der Waals surface area contributed by atoms with Gasteiger partial charge in [0.05, 0.1) is 37.5 Å². The predicted octanol–water partition coefficient (Wildman–Crippen LogP) is 5.36. The minimum Gasteiger partial charge on any atom is -0.497 e. The number of carbonyl (C=O) groups is 2. The summed E-state index contributed by atoms with van der Waals surface area (Å²) in [4.78, 5) is 37.7. The van der Waals surface area contributed by atoms with Gasteiger partial charge in [-0.1, -0.05) is 57.2 Å². The topological polar surface area (TPSA) is 90.0 Å². The molecule has 1 saturated carbocycles. The van der Waals surface area contributed by atoms with E-state index in [1.807, 2.05) is 59.5 Å². The summed E-state index contributed by atoms with van der Waals surface area (Å²) in [6.07, 6.45) is 4.07. The number of hydrogen-bond acceptors (Lipinski definition) is 7. The third kappa shape index (κ3) is 6.44. The fourth-order valence-corrected chi connectivity index (χ4v) is 5.46. The first-order valence-corrected chi connectivity index (χ1v) is 14.1. The highest BCUT2D eigenvalue weighted by molar-refractivity contribution is 5.89. The van der Waals surface area contributed by atoms with Crippen LogP contribution in [-0.2, 0) is 14.4 Å². The highest BCUT2D eigenvalue weighted by Gasteiger charge is 2.53. The first-order valence-electron chi connectivity index (χ1n) is 14.1. The molecule has 0 bridgehead atoms. The Labute approximate surface area is 241 Å². The standard InChI is InChI=1S/C33H39N3O5/c1-6-23-17-33(23,21-37)35-40-20-24-14-26(19-36(24)31(38)18-32(2,3)4)41-30-16-28(22-10-8-7-9-11-22)34-29-15-25(39-5)12-13-27(29)30/h6-13,15-16,21,23-24,26,35H,1,14,17-20H2,2-5H3/t23?,24-,26+,33?/m0/s1. The number of nitrogens with one attached hydrogen (secondary N) is 1. The molecule has 5 rings (SSSR count). The first-order chi connectivity index (χ1) is 19.6. The summed E-state index contributed by atoms with van der Waals surface area (Å²) in [6, 6.07) is 17.5. The Morgan fingerprint density at radius 1 is 1.20 bits per heavy atom. The zero-order chi connectivity index (χ0) is 29.2. The molecule has 2 fully saturated rings. The predicted molar refractivity (Wildman–Crippen MR) is 159 cm³/mol. The fourth-order valence-electron chi connectivity index (χ4n) is 5.46. The molecule has 1 saturated heterocycles. The molecule has 1 aliphatic carbocycles. The second-order valence-electron chi connectivity index (χ2n) is 12.3. The number of benzene rings is 2. The molecular formula is C33H39N3O5. The van der Waals surface area contributed by atoms with E-state index in [1.54, 1.807) is 13.2 Å². The van der Waals surface area contributed by atoms with Gasteiger partial charge in [0.1, 0.15) is 29.4 Å². The highest BCUT2D eigenvalue weighted by atomic mass is 16.6. The number of fused-ring (bicyclic) bond motifs is 1. The van der Waals surface area contributed by atoms with Crippen molar-refractivity contribution in [1.29, 1.82) is 0 Å². The third-order valence-electron chi connectivity index (χ3n) is 7.81. The van der Waals surface area contributed by atoms with E-state index in [0.717, 1.165) is 28.4 Å². The molecule has 8 nitrogen and oxygen atoms in total. The first kappa shape index (κ1) is 28.8. The lowest BCUT2D eigenvalue weighted by Crippen LogP contribution is -2.43. The van der Waals surface area contributed by atoms with E-state index < -0.39 is 5.54 Å². The minimum absolute atomic E-state index is 0.0516. The number of carbonyl (C=O) groups excluding carboxylic acids is 2. The van der Waals surface area contributed by atoms with Crippen LogP contribution in [-0.4, -0.2) is 60.0 Å². The monoisotopic (exact) mass is 557 g/mol. The molecule has 0 radical (unpaired) electrons. The lowest BCUT2D eigenvalue weighted by molar-refractivity contribution is -0.136. The number of pyridine rings is 1. The Morgan fingerprint density at radius 2 is 1.98 bits per heavy atom. The second kappa shape index (κ2) is 11.6. The largest absolute Gasteiger partial charge is 0.497 e. The van der Waals surface area contributed by atoms with Crippen LogP contribution >= 0.6 is 0 Å². The Kier molecular flexibility index (Phi) is 8.16. The molecule has 41 heavy (non-hydrogen) atoms. The molecule has 2 heterocycles. The van der Waals surface area contributed by atoms with Crippen molar-refractivity contribution in [3.63, 3.8) is 0 Å². The zero-order valence-corrected chi connectivity index (χ0v) is 24.3. The highest BCUT2D eigenvalue weighted by Crippen LogP contribution is 2.42. The summed E-state index contributed by atoms with van der Waals surface area (Å²) in [5.74, 6) is 1.53. The van der Waals surface area contributed by atoms with Crippen LogP contribution in [0.4, 0.5) is 0 Å². The van der Waals surface area contributed by atoms with E-state index in [9.17, 15) is 9.59 Å². The summed E-state index contributed by atoms with van der Waals surface area (Å²) in [6.45, 7) is 10.7. The molecule has 1 aromatic heterocycles. The van der Waals surface area contributed by atoms with Gasteiger partial charge < -0.3 is 19.2 Å². The molecule has 4 atom stereocenters. The van der Waals surface area contributed by atoms with Crippen molar-refractivity contribution in [2.24, 2.45) is 11.3 Å². The average Bonchev–Trinajstić information content (AvgIpc) is 3.53. The van der Waals surface area contributed by atoms with Gasteiger partial charge in [0, 0.05) is 41.8 Å². The molecule has 1 amide bonds. The fraction of sp³-hybridized carbons (Fsp3) is 0.424. The van der Waals surface area contributed by atoms with Crippen LogP contribution in [0.3, 0.4) is 0 Å².